The van der Waals surface area contributed by atoms with Crippen molar-refractivity contribution in [2.45, 2.75) is 19.4 Å². The van der Waals surface area contributed by atoms with Crippen LogP contribution in [0.1, 0.15) is 17.7 Å². The lowest BCUT2D eigenvalue weighted by Crippen LogP contribution is -2.30. The molecule has 3 heterocycles. The molecule has 4 rings (SSSR count). The molecule has 0 atom stereocenters. The average molecular weight is 269 g/mol. The Balaban J connectivity index is 2.05. The first-order valence-corrected chi connectivity index (χ1v) is 7.24. The maximum Gasteiger partial charge on any atom is 0.147 e. The van der Waals surface area contributed by atoms with Gasteiger partial charge in [-0.3, -0.25) is 4.99 Å². The average Bonchev–Trinajstić information content (AvgIpc) is 2.69. The van der Waals surface area contributed by atoms with Gasteiger partial charge in [0, 0.05) is 37.6 Å². The summed E-state index contributed by atoms with van der Waals surface area (Å²) in [4.78, 5) is 7.07. The molecule has 0 radical (unpaired) electrons. The molecule has 0 amide bonds. The first kappa shape index (κ1) is 11.8. The lowest BCUT2D eigenvalue weighted by Gasteiger charge is -2.22. The number of rotatable bonds is 1. The van der Waals surface area contributed by atoms with Gasteiger partial charge >= 0.3 is 0 Å². The van der Waals surface area contributed by atoms with E-state index in [2.05, 4.69) is 34.7 Å². The van der Waals surface area contributed by atoms with Crippen LogP contribution in [0.4, 0.5) is 0 Å². The molecule has 1 aromatic heterocycles. The molecule has 1 aromatic carbocycles. The Labute approximate surface area is 118 Å². The summed E-state index contributed by atoms with van der Waals surface area (Å²) >= 11 is 0. The molecule has 0 bridgehead atoms. The third kappa shape index (κ3) is 1.51. The highest BCUT2D eigenvalue weighted by molar-refractivity contribution is 6.05. The van der Waals surface area contributed by atoms with Gasteiger partial charge in [-0.15, -0.1) is 0 Å². The van der Waals surface area contributed by atoms with Crippen molar-refractivity contribution >= 4 is 16.7 Å². The highest BCUT2D eigenvalue weighted by atomic mass is 16.5. The van der Waals surface area contributed by atoms with Crippen LogP contribution in [0.2, 0.25) is 0 Å². The zero-order valence-corrected chi connectivity index (χ0v) is 12.0. The second-order valence-electron chi connectivity index (χ2n) is 5.59. The maximum atomic E-state index is 5.39. The third-order valence-electron chi connectivity index (χ3n) is 4.45. The molecule has 104 valence electrons. The molecule has 20 heavy (non-hydrogen) atoms. The van der Waals surface area contributed by atoms with Crippen LogP contribution in [0, 0.1) is 0 Å². The molecule has 4 heteroatoms. The van der Waals surface area contributed by atoms with Gasteiger partial charge in [0.05, 0.1) is 12.8 Å². The molecule has 0 saturated heterocycles. The van der Waals surface area contributed by atoms with Crippen molar-refractivity contribution < 1.29 is 4.74 Å². The molecule has 4 nitrogen and oxygen atoms in total. The number of aromatic nitrogens is 1. The van der Waals surface area contributed by atoms with Gasteiger partial charge in [-0.2, -0.15) is 0 Å². The normalized spacial score (nSPS) is 17.7. The Hall–Kier alpha value is -1.97. The molecular formula is C16H19N3O. The van der Waals surface area contributed by atoms with Gasteiger partial charge in [0.1, 0.15) is 11.6 Å². The first-order chi connectivity index (χ1) is 9.79. The quantitative estimate of drug-likeness (QED) is 0.795. The van der Waals surface area contributed by atoms with Crippen molar-refractivity contribution in [2.24, 2.45) is 4.99 Å². The summed E-state index contributed by atoms with van der Waals surface area (Å²) in [5, 5.41) is 1.34. The Morgan fingerprint density at radius 3 is 3.00 bits per heavy atom. The minimum absolute atomic E-state index is 0.892. The first-order valence-electron chi connectivity index (χ1n) is 7.24. The fourth-order valence-electron chi connectivity index (χ4n) is 3.49. The van der Waals surface area contributed by atoms with E-state index in [1.54, 1.807) is 7.11 Å². The number of hydrogen-bond donors (Lipinski definition) is 0. The van der Waals surface area contributed by atoms with Crippen LogP contribution in [0.5, 0.6) is 5.75 Å². The van der Waals surface area contributed by atoms with Crippen LogP contribution in [0.3, 0.4) is 0 Å². The van der Waals surface area contributed by atoms with E-state index >= 15 is 0 Å². The van der Waals surface area contributed by atoms with Gasteiger partial charge in [0.2, 0.25) is 0 Å². The van der Waals surface area contributed by atoms with Crippen molar-refractivity contribution in [3.63, 3.8) is 0 Å². The van der Waals surface area contributed by atoms with Crippen LogP contribution < -0.4 is 4.74 Å². The Morgan fingerprint density at radius 1 is 1.25 bits per heavy atom. The van der Waals surface area contributed by atoms with E-state index in [4.69, 9.17) is 9.73 Å². The number of benzene rings is 1. The van der Waals surface area contributed by atoms with Crippen LogP contribution in [-0.4, -0.2) is 42.5 Å². The van der Waals surface area contributed by atoms with E-state index in [1.165, 1.54) is 28.0 Å². The number of aryl methyl sites for hydroxylation is 1. The van der Waals surface area contributed by atoms with Crippen molar-refractivity contribution in [3.05, 3.63) is 29.5 Å². The fraction of sp³-hybridized carbons (Fsp3) is 0.438. The molecule has 2 aliphatic rings. The molecule has 0 aliphatic carbocycles. The molecule has 2 aromatic rings. The second kappa shape index (κ2) is 4.27. The smallest absolute Gasteiger partial charge is 0.147 e. The monoisotopic (exact) mass is 269 g/mol. The lowest BCUT2D eigenvalue weighted by atomic mass is 10.0. The predicted octanol–water partition coefficient (Wildman–Crippen LogP) is 2.29. The number of amidine groups is 1. The molecule has 0 spiro atoms. The molecule has 2 aliphatic heterocycles. The summed E-state index contributed by atoms with van der Waals surface area (Å²) in [6, 6.07) is 6.42. The maximum absolute atomic E-state index is 5.39. The summed E-state index contributed by atoms with van der Waals surface area (Å²) in [7, 11) is 3.89. The van der Waals surface area contributed by atoms with Crippen LogP contribution in [0.15, 0.2) is 23.2 Å². The van der Waals surface area contributed by atoms with E-state index in [0.29, 0.717) is 0 Å². The molecule has 0 saturated carbocycles. The van der Waals surface area contributed by atoms with Gasteiger partial charge in [-0.1, -0.05) is 0 Å². The zero-order chi connectivity index (χ0) is 13.7. The van der Waals surface area contributed by atoms with E-state index in [-0.39, 0.29) is 0 Å². The molecule has 0 fully saturated rings. The van der Waals surface area contributed by atoms with Crippen LogP contribution in [-0.2, 0) is 13.0 Å². The standard InChI is InChI=1S/C16H19N3O/c1-18-8-3-9-19-14-5-4-11(20-2)10-13(14)12-6-7-17-16(18)15(12)19/h4-5,10H,3,6-9H2,1-2H3. The lowest BCUT2D eigenvalue weighted by molar-refractivity contribution is 0.415. The number of nitrogens with zero attached hydrogens (tertiary/aromatic N) is 3. The van der Waals surface area contributed by atoms with E-state index in [1.807, 2.05) is 0 Å². The van der Waals surface area contributed by atoms with Gasteiger partial charge in [-0.25, -0.2) is 0 Å². The summed E-state index contributed by atoms with van der Waals surface area (Å²) in [5.74, 6) is 2.10. The summed E-state index contributed by atoms with van der Waals surface area (Å²) < 4.78 is 7.84. The highest BCUT2D eigenvalue weighted by Crippen LogP contribution is 2.34. The van der Waals surface area contributed by atoms with Gasteiger partial charge < -0.3 is 14.2 Å². The Kier molecular flexibility index (Phi) is 2.52. The van der Waals surface area contributed by atoms with Gasteiger partial charge in [-0.05, 0) is 36.6 Å². The Bertz CT molecular complexity index is 714. The second-order valence-corrected chi connectivity index (χ2v) is 5.59. The third-order valence-corrected chi connectivity index (χ3v) is 4.45. The minimum atomic E-state index is 0.892. The van der Waals surface area contributed by atoms with E-state index < -0.39 is 0 Å². The SMILES string of the molecule is COc1ccc2c(c1)c1c3n2CCCN(C)C3=NCC1. The number of methoxy groups -OCH3 is 1. The molecule has 0 unspecified atom stereocenters. The summed E-state index contributed by atoms with van der Waals surface area (Å²) in [6.45, 7) is 3.04. The summed E-state index contributed by atoms with van der Waals surface area (Å²) in [6.07, 6.45) is 2.20. The van der Waals surface area contributed by atoms with Crippen LogP contribution in [0.25, 0.3) is 10.9 Å². The van der Waals surface area contributed by atoms with Crippen LogP contribution >= 0.6 is 0 Å². The number of fused-ring (bicyclic) bond motifs is 3. The van der Waals surface area contributed by atoms with Gasteiger partial charge in [0.25, 0.3) is 0 Å². The fourth-order valence-corrected chi connectivity index (χ4v) is 3.49. The Morgan fingerprint density at radius 2 is 2.15 bits per heavy atom. The largest absolute Gasteiger partial charge is 0.497 e. The van der Waals surface area contributed by atoms with Crippen molar-refractivity contribution in [1.82, 2.24) is 9.47 Å². The predicted molar refractivity (Wildman–Crippen MR) is 80.8 cm³/mol. The molecule has 0 N–H and O–H groups in total. The zero-order valence-electron chi connectivity index (χ0n) is 12.0. The van der Waals surface area contributed by atoms with Gasteiger partial charge in [0.15, 0.2) is 0 Å². The van der Waals surface area contributed by atoms with Crippen molar-refractivity contribution in [2.75, 3.05) is 27.2 Å². The number of aliphatic imine (C=N–C) groups is 1. The highest BCUT2D eigenvalue weighted by Gasteiger charge is 2.27. The number of ether oxygens (including phenoxy) is 1. The summed E-state index contributed by atoms with van der Waals surface area (Å²) in [5.41, 5.74) is 4.10. The topological polar surface area (TPSA) is 29.8 Å². The van der Waals surface area contributed by atoms with Crippen molar-refractivity contribution in [1.29, 1.82) is 0 Å². The van der Waals surface area contributed by atoms with E-state index in [0.717, 1.165) is 38.2 Å². The minimum Gasteiger partial charge on any atom is -0.497 e. The number of hydrogen-bond acceptors (Lipinski definition) is 3. The van der Waals surface area contributed by atoms with Crippen molar-refractivity contribution in [3.8, 4) is 5.75 Å². The van der Waals surface area contributed by atoms with E-state index in [9.17, 15) is 0 Å². The molecular weight excluding hydrogens is 250 g/mol.